The van der Waals surface area contributed by atoms with Crippen LogP contribution in [-0.4, -0.2) is 26.2 Å². The second-order valence-electron chi connectivity index (χ2n) is 4.83. The highest BCUT2D eigenvalue weighted by atomic mass is 15.1. The summed E-state index contributed by atoms with van der Waals surface area (Å²) in [5, 5.41) is 3.38. The molecule has 0 unspecified atom stereocenters. The maximum Gasteiger partial charge on any atom is 0.0368 e. The lowest BCUT2D eigenvalue weighted by Gasteiger charge is -2.23. The molecule has 0 aliphatic heterocycles. The van der Waals surface area contributed by atoms with Gasteiger partial charge in [-0.15, -0.1) is 0 Å². The zero-order valence-electron chi connectivity index (χ0n) is 12.2. The summed E-state index contributed by atoms with van der Waals surface area (Å²) >= 11 is 0. The number of hydrogen-bond acceptors (Lipinski definition) is 2. The molecule has 0 radical (unpaired) electrons. The lowest BCUT2D eigenvalue weighted by Crippen LogP contribution is -2.24. The van der Waals surface area contributed by atoms with Crippen molar-refractivity contribution in [3.05, 3.63) is 29.8 Å². The van der Waals surface area contributed by atoms with Gasteiger partial charge in [-0.3, -0.25) is 0 Å². The highest BCUT2D eigenvalue weighted by Gasteiger charge is 2.03. The summed E-state index contributed by atoms with van der Waals surface area (Å²) in [5.74, 6) is 0. The third-order valence-corrected chi connectivity index (χ3v) is 3.28. The lowest BCUT2D eigenvalue weighted by atomic mass is 10.2. The Morgan fingerprint density at radius 1 is 1.11 bits per heavy atom. The highest BCUT2D eigenvalue weighted by molar-refractivity contribution is 5.48. The average molecular weight is 248 g/mol. The first kappa shape index (κ1) is 15.0. The molecule has 0 fully saturated rings. The van der Waals surface area contributed by atoms with E-state index in [1.807, 2.05) is 0 Å². The van der Waals surface area contributed by atoms with Gasteiger partial charge in [0, 0.05) is 18.8 Å². The van der Waals surface area contributed by atoms with Crippen molar-refractivity contribution in [3.63, 3.8) is 0 Å². The number of rotatable bonds is 9. The molecule has 0 amide bonds. The summed E-state index contributed by atoms with van der Waals surface area (Å²) in [4.78, 5) is 2.47. The average Bonchev–Trinajstić information content (AvgIpc) is 2.38. The van der Waals surface area contributed by atoms with Crippen LogP contribution in [0, 0.1) is 6.92 Å². The SMILES string of the molecule is CCNCCCCCN(CC)c1cccc(C)c1. The number of anilines is 1. The van der Waals surface area contributed by atoms with Crippen LogP contribution < -0.4 is 10.2 Å². The molecule has 0 aliphatic carbocycles. The maximum atomic E-state index is 3.38. The largest absolute Gasteiger partial charge is 0.372 e. The summed E-state index contributed by atoms with van der Waals surface area (Å²) in [7, 11) is 0. The molecule has 102 valence electrons. The zero-order chi connectivity index (χ0) is 13.2. The van der Waals surface area contributed by atoms with Crippen LogP contribution in [0.25, 0.3) is 0 Å². The van der Waals surface area contributed by atoms with E-state index in [1.54, 1.807) is 0 Å². The van der Waals surface area contributed by atoms with Gasteiger partial charge in [0.2, 0.25) is 0 Å². The van der Waals surface area contributed by atoms with E-state index in [2.05, 4.69) is 55.3 Å². The van der Waals surface area contributed by atoms with Crippen LogP contribution in [0.5, 0.6) is 0 Å². The Balaban J connectivity index is 2.29. The molecule has 0 aromatic heterocycles. The number of nitrogens with zero attached hydrogens (tertiary/aromatic N) is 1. The van der Waals surface area contributed by atoms with E-state index >= 15 is 0 Å². The molecule has 0 atom stereocenters. The van der Waals surface area contributed by atoms with Gasteiger partial charge >= 0.3 is 0 Å². The monoisotopic (exact) mass is 248 g/mol. The smallest absolute Gasteiger partial charge is 0.0368 e. The van der Waals surface area contributed by atoms with E-state index in [4.69, 9.17) is 0 Å². The molecule has 0 spiro atoms. The first-order valence-electron chi connectivity index (χ1n) is 7.30. The third kappa shape index (κ3) is 5.54. The molecule has 2 heteroatoms. The fourth-order valence-corrected chi connectivity index (χ4v) is 2.20. The Labute approximate surface area is 112 Å². The molecule has 0 bridgehead atoms. The van der Waals surface area contributed by atoms with Gasteiger partial charge in [-0.1, -0.05) is 25.5 Å². The van der Waals surface area contributed by atoms with Gasteiger partial charge in [-0.25, -0.2) is 0 Å². The van der Waals surface area contributed by atoms with Crippen molar-refractivity contribution in [2.24, 2.45) is 0 Å². The molecule has 0 aliphatic rings. The van der Waals surface area contributed by atoms with E-state index in [9.17, 15) is 0 Å². The van der Waals surface area contributed by atoms with Crippen molar-refractivity contribution in [2.45, 2.75) is 40.0 Å². The van der Waals surface area contributed by atoms with Crippen molar-refractivity contribution in [2.75, 3.05) is 31.1 Å². The van der Waals surface area contributed by atoms with Gasteiger partial charge in [-0.05, 0) is 57.5 Å². The van der Waals surface area contributed by atoms with Crippen molar-refractivity contribution in [1.82, 2.24) is 5.32 Å². The second kappa shape index (κ2) is 8.98. The van der Waals surface area contributed by atoms with Crippen molar-refractivity contribution in [3.8, 4) is 0 Å². The molecule has 18 heavy (non-hydrogen) atoms. The molecule has 0 heterocycles. The summed E-state index contributed by atoms with van der Waals surface area (Å²) in [6.45, 7) is 11.1. The summed E-state index contributed by atoms with van der Waals surface area (Å²) in [6, 6.07) is 8.81. The van der Waals surface area contributed by atoms with Gasteiger partial charge in [0.1, 0.15) is 0 Å². The van der Waals surface area contributed by atoms with Crippen LogP contribution >= 0.6 is 0 Å². The first-order chi connectivity index (χ1) is 8.77. The molecule has 1 aromatic carbocycles. The van der Waals surface area contributed by atoms with Crippen LogP contribution in [-0.2, 0) is 0 Å². The van der Waals surface area contributed by atoms with Crippen LogP contribution in [0.2, 0.25) is 0 Å². The molecule has 2 nitrogen and oxygen atoms in total. The third-order valence-electron chi connectivity index (χ3n) is 3.28. The first-order valence-corrected chi connectivity index (χ1v) is 7.30. The summed E-state index contributed by atoms with van der Waals surface area (Å²) < 4.78 is 0. The normalized spacial score (nSPS) is 10.6. The Bertz CT molecular complexity index is 323. The second-order valence-corrected chi connectivity index (χ2v) is 4.83. The Hall–Kier alpha value is -1.02. The fourth-order valence-electron chi connectivity index (χ4n) is 2.20. The molecule has 0 saturated heterocycles. The van der Waals surface area contributed by atoms with Crippen molar-refractivity contribution < 1.29 is 0 Å². The highest BCUT2D eigenvalue weighted by Crippen LogP contribution is 2.16. The minimum Gasteiger partial charge on any atom is -0.372 e. The standard InChI is InChI=1S/C16H28N2/c1-4-17-12-7-6-8-13-18(5-2)16-11-9-10-15(3)14-16/h9-11,14,17H,4-8,12-13H2,1-3H3. The minimum absolute atomic E-state index is 1.09. The van der Waals surface area contributed by atoms with E-state index in [0.717, 1.165) is 19.6 Å². The summed E-state index contributed by atoms with van der Waals surface area (Å²) in [5.41, 5.74) is 2.71. The van der Waals surface area contributed by atoms with Gasteiger partial charge in [0.25, 0.3) is 0 Å². The number of nitrogens with one attached hydrogen (secondary N) is 1. The van der Waals surface area contributed by atoms with Crippen LogP contribution in [0.3, 0.4) is 0 Å². The molecule has 0 saturated carbocycles. The van der Waals surface area contributed by atoms with E-state index in [0.29, 0.717) is 0 Å². The Morgan fingerprint density at radius 3 is 2.61 bits per heavy atom. The predicted octanol–water partition coefficient (Wildman–Crippen LogP) is 3.60. The van der Waals surface area contributed by atoms with Gasteiger partial charge < -0.3 is 10.2 Å². The van der Waals surface area contributed by atoms with Gasteiger partial charge in [0.05, 0.1) is 0 Å². The predicted molar refractivity (Wildman–Crippen MR) is 81.5 cm³/mol. The van der Waals surface area contributed by atoms with Crippen LogP contribution in [0.15, 0.2) is 24.3 Å². The van der Waals surface area contributed by atoms with E-state index in [1.165, 1.54) is 37.1 Å². The van der Waals surface area contributed by atoms with E-state index in [-0.39, 0.29) is 0 Å². The zero-order valence-corrected chi connectivity index (χ0v) is 12.2. The van der Waals surface area contributed by atoms with Crippen LogP contribution in [0.1, 0.15) is 38.7 Å². The molecule has 1 aromatic rings. The van der Waals surface area contributed by atoms with Gasteiger partial charge in [0.15, 0.2) is 0 Å². The van der Waals surface area contributed by atoms with Crippen molar-refractivity contribution >= 4 is 5.69 Å². The number of aryl methyl sites for hydroxylation is 1. The summed E-state index contributed by atoms with van der Waals surface area (Å²) in [6.07, 6.45) is 3.89. The Kier molecular flexibility index (Phi) is 7.51. The quantitative estimate of drug-likeness (QED) is 0.672. The topological polar surface area (TPSA) is 15.3 Å². The van der Waals surface area contributed by atoms with Crippen LogP contribution in [0.4, 0.5) is 5.69 Å². The molecule has 1 rings (SSSR count). The molecular formula is C16H28N2. The minimum atomic E-state index is 1.09. The molecule has 1 N–H and O–H groups in total. The number of unbranched alkanes of at least 4 members (excludes halogenated alkanes) is 2. The fraction of sp³-hybridized carbons (Fsp3) is 0.625. The maximum absolute atomic E-state index is 3.38. The molecular weight excluding hydrogens is 220 g/mol. The van der Waals surface area contributed by atoms with Crippen molar-refractivity contribution in [1.29, 1.82) is 0 Å². The van der Waals surface area contributed by atoms with Gasteiger partial charge in [-0.2, -0.15) is 0 Å². The number of benzene rings is 1. The lowest BCUT2D eigenvalue weighted by molar-refractivity contribution is 0.609. The van der Waals surface area contributed by atoms with E-state index < -0.39 is 0 Å². The number of hydrogen-bond donors (Lipinski definition) is 1. The Morgan fingerprint density at radius 2 is 1.94 bits per heavy atom.